The smallest absolute Gasteiger partial charge is 0.162 e. The lowest BCUT2D eigenvalue weighted by Gasteiger charge is -2.35. The summed E-state index contributed by atoms with van der Waals surface area (Å²) in [6.07, 6.45) is 7.14. The average Bonchev–Trinajstić information content (AvgIpc) is 3.31. The molecule has 0 unspecified atom stereocenters. The Hall–Kier alpha value is -1.99. The van der Waals surface area contributed by atoms with Crippen LogP contribution in [0.4, 0.5) is 0 Å². The van der Waals surface area contributed by atoms with Crippen LogP contribution in [0.25, 0.3) is 10.8 Å². The van der Waals surface area contributed by atoms with E-state index in [1.165, 1.54) is 19.3 Å². The van der Waals surface area contributed by atoms with E-state index in [4.69, 9.17) is 9.40 Å². The fraction of sp³-hybridized carbons (Fsp3) is 0.471. The molecule has 24 heavy (non-hydrogen) atoms. The molecule has 0 radical (unpaired) electrons. The highest BCUT2D eigenvalue weighted by atomic mass is 32.1. The molecule has 0 saturated carbocycles. The molecule has 3 aromatic heterocycles. The fourth-order valence-electron chi connectivity index (χ4n) is 3.27. The van der Waals surface area contributed by atoms with Gasteiger partial charge in [0.25, 0.3) is 0 Å². The van der Waals surface area contributed by atoms with Gasteiger partial charge in [-0.3, -0.25) is 9.58 Å². The second kappa shape index (κ2) is 6.86. The number of nitrogens with zero attached hydrogens (tertiary/aromatic N) is 5. The van der Waals surface area contributed by atoms with Gasteiger partial charge in [-0.15, -0.1) is 11.3 Å². The number of aromatic nitrogens is 4. The van der Waals surface area contributed by atoms with E-state index < -0.39 is 0 Å². The molecule has 4 heterocycles. The highest BCUT2D eigenvalue weighted by Gasteiger charge is 2.24. The van der Waals surface area contributed by atoms with Crippen LogP contribution in [0.15, 0.2) is 34.6 Å². The Morgan fingerprint density at radius 3 is 3.08 bits per heavy atom. The molecule has 1 saturated heterocycles. The second-order valence-corrected chi connectivity index (χ2v) is 7.15. The van der Waals surface area contributed by atoms with Crippen LogP contribution in [0.1, 0.15) is 30.7 Å². The fourth-order valence-corrected chi connectivity index (χ4v) is 4.04. The van der Waals surface area contributed by atoms with Crippen molar-refractivity contribution in [1.29, 1.82) is 0 Å². The van der Waals surface area contributed by atoms with Gasteiger partial charge in [-0.2, -0.15) is 5.10 Å². The number of rotatable bonds is 5. The number of hydrogen-bond acceptors (Lipinski definition) is 6. The Bertz CT molecular complexity index is 779. The first-order chi connectivity index (χ1) is 11.8. The Morgan fingerprint density at radius 2 is 2.29 bits per heavy atom. The summed E-state index contributed by atoms with van der Waals surface area (Å²) in [5, 5.41) is 7.36. The molecule has 0 aromatic carbocycles. The van der Waals surface area contributed by atoms with Crippen molar-refractivity contribution in [1.82, 2.24) is 24.6 Å². The lowest BCUT2D eigenvalue weighted by molar-refractivity contribution is 0.120. The Labute approximate surface area is 145 Å². The van der Waals surface area contributed by atoms with Crippen LogP contribution < -0.4 is 0 Å². The lowest BCUT2D eigenvalue weighted by atomic mass is 10.0. The number of thiazole rings is 1. The first-order valence-corrected chi connectivity index (χ1v) is 9.23. The third kappa shape index (κ3) is 3.42. The Balaban J connectivity index is 1.45. The Kier molecular flexibility index (Phi) is 4.44. The molecule has 0 spiro atoms. The highest BCUT2D eigenvalue weighted by Crippen LogP contribution is 2.27. The number of likely N-dealkylation sites (tertiary alicyclic amines) is 1. The molecule has 1 atom stereocenters. The molecule has 7 heteroatoms. The molecule has 0 amide bonds. The summed E-state index contributed by atoms with van der Waals surface area (Å²) in [5.74, 6) is 1.78. The summed E-state index contributed by atoms with van der Waals surface area (Å²) < 4.78 is 7.61. The molecular formula is C17H21N5OS. The lowest BCUT2D eigenvalue weighted by Crippen LogP contribution is -2.41. The summed E-state index contributed by atoms with van der Waals surface area (Å²) in [6, 6.07) is 4.47. The summed E-state index contributed by atoms with van der Waals surface area (Å²) in [6.45, 7) is 4.86. The van der Waals surface area contributed by atoms with Crippen LogP contribution in [0.3, 0.4) is 0 Å². The number of aryl methyl sites for hydroxylation is 1. The van der Waals surface area contributed by atoms with Gasteiger partial charge in [0, 0.05) is 18.0 Å². The first-order valence-electron chi connectivity index (χ1n) is 8.35. The van der Waals surface area contributed by atoms with Gasteiger partial charge < -0.3 is 4.42 Å². The van der Waals surface area contributed by atoms with E-state index in [1.54, 1.807) is 24.0 Å². The molecule has 126 valence electrons. The standard InChI is InChI=1S/C17H21N5OS/c1-13-5-6-16(23-13)17-20-14(10-24-17)8-21-7-3-2-4-15(21)9-22-12-18-11-19-22/h5-6,10-12,15H,2-4,7-9H2,1H3/t15-/m1/s1. The average molecular weight is 343 g/mol. The van der Waals surface area contributed by atoms with E-state index >= 15 is 0 Å². The molecule has 0 aliphatic carbocycles. The van der Waals surface area contributed by atoms with Crippen LogP contribution in [0, 0.1) is 6.92 Å². The van der Waals surface area contributed by atoms with E-state index in [2.05, 4.69) is 20.4 Å². The maximum absolute atomic E-state index is 5.68. The van der Waals surface area contributed by atoms with Crippen molar-refractivity contribution in [2.24, 2.45) is 0 Å². The zero-order valence-electron chi connectivity index (χ0n) is 13.8. The van der Waals surface area contributed by atoms with Crippen molar-refractivity contribution < 1.29 is 4.42 Å². The van der Waals surface area contributed by atoms with Crippen molar-refractivity contribution in [3.63, 3.8) is 0 Å². The summed E-state index contributed by atoms with van der Waals surface area (Å²) in [5.41, 5.74) is 1.12. The van der Waals surface area contributed by atoms with Gasteiger partial charge in [-0.25, -0.2) is 9.97 Å². The maximum atomic E-state index is 5.68. The van der Waals surface area contributed by atoms with E-state index in [0.717, 1.165) is 41.9 Å². The van der Waals surface area contributed by atoms with Crippen molar-refractivity contribution in [2.45, 2.75) is 45.3 Å². The van der Waals surface area contributed by atoms with Crippen LogP contribution in [0.5, 0.6) is 0 Å². The zero-order chi connectivity index (χ0) is 16.4. The van der Waals surface area contributed by atoms with Gasteiger partial charge in [-0.1, -0.05) is 6.42 Å². The van der Waals surface area contributed by atoms with Gasteiger partial charge in [-0.05, 0) is 38.4 Å². The van der Waals surface area contributed by atoms with Crippen molar-refractivity contribution in [3.05, 3.63) is 41.6 Å². The van der Waals surface area contributed by atoms with Crippen molar-refractivity contribution in [3.8, 4) is 10.8 Å². The van der Waals surface area contributed by atoms with E-state index in [9.17, 15) is 0 Å². The molecule has 0 bridgehead atoms. The van der Waals surface area contributed by atoms with Crippen LogP contribution in [0.2, 0.25) is 0 Å². The molecule has 6 nitrogen and oxygen atoms in total. The monoisotopic (exact) mass is 343 g/mol. The quantitative estimate of drug-likeness (QED) is 0.711. The van der Waals surface area contributed by atoms with E-state index in [-0.39, 0.29) is 0 Å². The predicted octanol–water partition coefficient (Wildman–Crippen LogP) is 3.36. The second-order valence-electron chi connectivity index (χ2n) is 6.29. The molecule has 1 fully saturated rings. The van der Waals surface area contributed by atoms with Crippen molar-refractivity contribution >= 4 is 11.3 Å². The Morgan fingerprint density at radius 1 is 1.33 bits per heavy atom. The summed E-state index contributed by atoms with van der Waals surface area (Å²) in [4.78, 5) is 11.3. The molecule has 4 rings (SSSR count). The topological polar surface area (TPSA) is 60.0 Å². The molecule has 1 aliphatic heterocycles. The minimum absolute atomic E-state index is 0.497. The van der Waals surface area contributed by atoms with Crippen LogP contribution in [-0.4, -0.2) is 37.2 Å². The van der Waals surface area contributed by atoms with Crippen molar-refractivity contribution in [2.75, 3.05) is 6.54 Å². The molecule has 3 aromatic rings. The zero-order valence-corrected chi connectivity index (χ0v) is 14.6. The van der Waals surface area contributed by atoms with Gasteiger partial charge in [0.2, 0.25) is 0 Å². The summed E-state index contributed by atoms with van der Waals surface area (Å²) in [7, 11) is 0. The third-order valence-electron chi connectivity index (χ3n) is 4.48. The van der Waals surface area contributed by atoms with E-state index in [1.807, 2.05) is 23.7 Å². The molecular weight excluding hydrogens is 322 g/mol. The SMILES string of the molecule is Cc1ccc(-c2nc(CN3CCCC[C@@H]3Cn3cncn3)cs2)o1. The van der Waals surface area contributed by atoms with Gasteiger partial charge in [0.15, 0.2) is 10.8 Å². The van der Waals surface area contributed by atoms with Gasteiger partial charge >= 0.3 is 0 Å². The number of furan rings is 1. The minimum Gasteiger partial charge on any atom is -0.459 e. The maximum Gasteiger partial charge on any atom is 0.162 e. The normalized spacial score (nSPS) is 19.0. The number of piperidine rings is 1. The largest absolute Gasteiger partial charge is 0.459 e. The van der Waals surface area contributed by atoms with Crippen LogP contribution >= 0.6 is 11.3 Å². The summed E-state index contributed by atoms with van der Waals surface area (Å²) >= 11 is 1.65. The molecule has 0 N–H and O–H groups in total. The van der Waals surface area contributed by atoms with Crippen LogP contribution in [-0.2, 0) is 13.1 Å². The van der Waals surface area contributed by atoms with E-state index in [0.29, 0.717) is 6.04 Å². The third-order valence-corrected chi connectivity index (χ3v) is 5.39. The minimum atomic E-state index is 0.497. The number of hydrogen-bond donors (Lipinski definition) is 0. The van der Waals surface area contributed by atoms with Gasteiger partial charge in [0.1, 0.15) is 18.4 Å². The van der Waals surface area contributed by atoms with Gasteiger partial charge in [0.05, 0.1) is 12.2 Å². The highest BCUT2D eigenvalue weighted by molar-refractivity contribution is 7.13. The first kappa shape index (κ1) is 15.5. The predicted molar refractivity (Wildman–Crippen MR) is 92.6 cm³/mol. The molecule has 1 aliphatic rings.